The normalized spacial score (nSPS) is 19.5. The lowest BCUT2D eigenvalue weighted by atomic mass is 10.00. The average Bonchev–Trinajstić information content (AvgIpc) is 2.95. The van der Waals surface area contributed by atoms with E-state index in [4.69, 9.17) is 22.1 Å². The lowest BCUT2D eigenvalue weighted by Gasteiger charge is -2.15. The van der Waals surface area contributed by atoms with E-state index >= 15 is 0 Å². The first-order chi connectivity index (χ1) is 11.9. The van der Waals surface area contributed by atoms with Crippen molar-refractivity contribution in [2.24, 2.45) is 11.7 Å². The van der Waals surface area contributed by atoms with Gasteiger partial charge >= 0.3 is 0 Å². The van der Waals surface area contributed by atoms with Crippen LogP contribution < -0.4 is 21.1 Å². The average molecular weight is 368 g/mol. The van der Waals surface area contributed by atoms with E-state index in [-0.39, 0.29) is 30.2 Å². The fraction of sp³-hybridized carbons (Fsp3) is 0.556. The number of aryl methyl sites for hydroxylation is 1. The molecule has 0 bridgehead atoms. The van der Waals surface area contributed by atoms with E-state index in [1.807, 2.05) is 6.92 Å². The maximum atomic E-state index is 12.1. The number of nitrogens with one attached hydrogen (secondary N) is 2. The molecule has 1 aromatic rings. The Kier molecular flexibility index (Phi) is 7.08. The number of nitrogens with two attached hydrogens (primary N) is 1. The van der Waals surface area contributed by atoms with Crippen LogP contribution >= 0.6 is 11.6 Å². The van der Waals surface area contributed by atoms with Crippen molar-refractivity contribution in [3.05, 3.63) is 22.7 Å². The molecule has 0 unspecified atom stereocenters. The number of carbonyl (C=O) groups excluding carboxylic acids is 2. The minimum atomic E-state index is -0.196. The van der Waals surface area contributed by atoms with Crippen LogP contribution in [0, 0.1) is 12.8 Å². The molecule has 1 fully saturated rings. The predicted octanol–water partition coefficient (Wildman–Crippen LogP) is 2.62. The molecule has 25 heavy (non-hydrogen) atoms. The summed E-state index contributed by atoms with van der Waals surface area (Å²) in [5.41, 5.74) is 7.39. The second kappa shape index (κ2) is 9.06. The summed E-state index contributed by atoms with van der Waals surface area (Å²) < 4.78 is 5.23. The van der Waals surface area contributed by atoms with Crippen molar-refractivity contribution in [2.45, 2.75) is 45.1 Å². The number of carbonyl (C=O) groups is 2. The SMILES string of the molecule is COc1cc(Cl)c(C)cc1NC(=O)CCNC(=O)C[C@@H]1CCC[C@H]1N. The number of hydrogen-bond acceptors (Lipinski definition) is 4. The maximum absolute atomic E-state index is 12.1. The van der Waals surface area contributed by atoms with Gasteiger partial charge in [-0.15, -0.1) is 0 Å². The third-order valence-electron chi connectivity index (χ3n) is 4.59. The molecular weight excluding hydrogens is 342 g/mol. The first-order valence-electron chi connectivity index (χ1n) is 8.57. The van der Waals surface area contributed by atoms with Crippen molar-refractivity contribution >= 4 is 29.1 Å². The number of methoxy groups -OCH3 is 1. The summed E-state index contributed by atoms with van der Waals surface area (Å²) in [7, 11) is 1.52. The van der Waals surface area contributed by atoms with Crippen LogP contribution in [0.15, 0.2) is 12.1 Å². The zero-order valence-electron chi connectivity index (χ0n) is 14.7. The Bertz CT molecular complexity index is 636. The van der Waals surface area contributed by atoms with Crippen molar-refractivity contribution in [3.63, 3.8) is 0 Å². The van der Waals surface area contributed by atoms with Gasteiger partial charge in [0, 0.05) is 36.5 Å². The van der Waals surface area contributed by atoms with Gasteiger partial charge in [-0.1, -0.05) is 18.0 Å². The standard InChI is InChI=1S/C18H26ClN3O3/c1-11-8-15(16(25-2)10-13(11)19)22-17(23)6-7-21-18(24)9-12-4-3-5-14(12)20/h8,10,12,14H,3-7,9,20H2,1-2H3,(H,21,24)(H,22,23)/t12-,14+/m0/s1. The third-order valence-corrected chi connectivity index (χ3v) is 5.00. The molecule has 0 aliphatic heterocycles. The Labute approximate surface area is 153 Å². The van der Waals surface area contributed by atoms with Crippen LogP contribution in [0.3, 0.4) is 0 Å². The summed E-state index contributed by atoms with van der Waals surface area (Å²) >= 11 is 6.05. The lowest BCUT2D eigenvalue weighted by molar-refractivity contribution is -0.122. The van der Waals surface area contributed by atoms with E-state index in [9.17, 15) is 9.59 Å². The fourth-order valence-corrected chi connectivity index (χ4v) is 3.24. The highest BCUT2D eigenvalue weighted by molar-refractivity contribution is 6.31. The van der Waals surface area contributed by atoms with Crippen molar-refractivity contribution in [1.29, 1.82) is 0 Å². The number of hydrogen-bond donors (Lipinski definition) is 3. The van der Waals surface area contributed by atoms with E-state index < -0.39 is 0 Å². The Morgan fingerprint density at radius 3 is 2.72 bits per heavy atom. The van der Waals surface area contributed by atoms with E-state index in [1.54, 1.807) is 12.1 Å². The zero-order valence-corrected chi connectivity index (χ0v) is 15.5. The van der Waals surface area contributed by atoms with Gasteiger partial charge in [-0.2, -0.15) is 0 Å². The molecule has 2 amide bonds. The molecule has 1 aromatic carbocycles. The van der Waals surface area contributed by atoms with E-state index in [2.05, 4.69) is 10.6 Å². The molecule has 138 valence electrons. The number of anilines is 1. The van der Waals surface area contributed by atoms with Gasteiger partial charge in [0.1, 0.15) is 5.75 Å². The Morgan fingerprint density at radius 1 is 1.32 bits per heavy atom. The Hall–Kier alpha value is -1.79. The molecule has 0 aromatic heterocycles. The molecule has 1 saturated carbocycles. The summed E-state index contributed by atoms with van der Waals surface area (Å²) in [6.45, 7) is 2.15. The second-order valence-electron chi connectivity index (χ2n) is 6.51. The molecule has 1 aliphatic rings. The first-order valence-corrected chi connectivity index (χ1v) is 8.94. The molecule has 0 saturated heterocycles. The van der Waals surface area contributed by atoms with Crippen LogP contribution in [-0.4, -0.2) is 31.5 Å². The first kappa shape index (κ1) is 19.5. The summed E-state index contributed by atoms with van der Waals surface area (Å²) in [6.07, 6.45) is 3.71. The lowest BCUT2D eigenvalue weighted by Crippen LogP contribution is -2.33. The van der Waals surface area contributed by atoms with Crippen molar-refractivity contribution < 1.29 is 14.3 Å². The van der Waals surface area contributed by atoms with Crippen LogP contribution in [0.25, 0.3) is 0 Å². The monoisotopic (exact) mass is 367 g/mol. The van der Waals surface area contributed by atoms with Gasteiger partial charge in [-0.3, -0.25) is 9.59 Å². The van der Waals surface area contributed by atoms with Crippen LogP contribution in [0.2, 0.25) is 5.02 Å². The summed E-state index contributed by atoms with van der Waals surface area (Å²) in [4.78, 5) is 24.0. The van der Waals surface area contributed by atoms with Crippen molar-refractivity contribution in [2.75, 3.05) is 19.0 Å². The molecule has 0 heterocycles. The molecular formula is C18H26ClN3O3. The van der Waals surface area contributed by atoms with Gasteiger partial charge in [0.25, 0.3) is 0 Å². The molecule has 4 N–H and O–H groups in total. The fourth-order valence-electron chi connectivity index (χ4n) is 3.09. The van der Waals surface area contributed by atoms with E-state index in [0.717, 1.165) is 24.8 Å². The van der Waals surface area contributed by atoms with Crippen LogP contribution in [-0.2, 0) is 9.59 Å². The smallest absolute Gasteiger partial charge is 0.226 e. The molecule has 2 rings (SSSR count). The Balaban J connectivity index is 1.77. The summed E-state index contributed by atoms with van der Waals surface area (Å²) in [5, 5.41) is 6.15. The van der Waals surface area contributed by atoms with Gasteiger partial charge in [0.2, 0.25) is 11.8 Å². The molecule has 0 spiro atoms. The minimum absolute atomic E-state index is 0.0462. The van der Waals surface area contributed by atoms with Crippen LogP contribution in [0.5, 0.6) is 5.75 Å². The number of halogens is 1. The number of benzene rings is 1. The molecule has 7 heteroatoms. The van der Waals surface area contributed by atoms with Crippen molar-refractivity contribution in [1.82, 2.24) is 5.32 Å². The zero-order chi connectivity index (χ0) is 18.4. The van der Waals surface area contributed by atoms with Crippen LogP contribution in [0.4, 0.5) is 5.69 Å². The number of rotatable bonds is 7. The third kappa shape index (κ3) is 5.61. The molecule has 2 atom stereocenters. The van der Waals surface area contributed by atoms with Gasteiger partial charge < -0.3 is 21.1 Å². The summed E-state index contributed by atoms with van der Waals surface area (Å²) in [6, 6.07) is 3.55. The predicted molar refractivity (Wildman–Crippen MR) is 98.9 cm³/mol. The van der Waals surface area contributed by atoms with Crippen molar-refractivity contribution in [3.8, 4) is 5.75 Å². The molecule has 6 nitrogen and oxygen atoms in total. The highest BCUT2D eigenvalue weighted by Gasteiger charge is 2.25. The van der Waals surface area contributed by atoms with Gasteiger partial charge in [-0.05, 0) is 37.3 Å². The highest BCUT2D eigenvalue weighted by Crippen LogP contribution is 2.31. The number of ether oxygens (including phenoxy) is 1. The van der Waals surface area contributed by atoms with E-state index in [0.29, 0.717) is 29.4 Å². The van der Waals surface area contributed by atoms with Gasteiger partial charge in [0.05, 0.1) is 12.8 Å². The second-order valence-corrected chi connectivity index (χ2v) is 6.92. The quantitative estimate of drug-likeness (QED) is 0.690. The van der Waals surface area contributed by atoms with E-state index in [1.165, 1.54) is 7.11 Å². The Morgan fingerprint density at radius 2 is 2.08 bits per heavy atom. The topological polar surface area (TPSA) is 93.5 Å². The minimum Gasteiger partial charge on any atom is -0.495 e. The largest absolute Gasteiger partial charge is 0.495 e. The maximum Gasteiger partial charge on any atom is 0.226 e. The highest BCUT2D eigenvalue weighted by atomic mass is 35.5. The summed E-state index contributed by atoms with van der Waals surface area (Å²) in [5.74, 6) is 0.520. The number of amides is 2. The molecule has 1 aliphatic carbocycles. The van der Waals surface area contributed by atoms with Crippen LogP contribution in [0.1, 0.15) is 37.7 Å². The van der Waals surface area contributed by atoms with Gasteiger partial charge in [-0.25, -0.2) is 0 Å². The van der Waals surface area contributed by atoms with Gasteiger partial charge in [0.15, 0.2) is 0 Å². The molecule has 0 radical (unpaired) electrons.